The lowest BCUT2D eigenvalue weighted by atomic mass is 10.0. The van der Waals surface area contributed by atoms with Crippen molar-refractivity contribution in [1.82, 2.24) is 4.90 Å². The highest BCUT2D eigenvalue weighted by atomic mass is 127. The monoisotopic (exact) mass is 404 g/mol. The van der Waals surface area contributed by atoms with Gasteiger partial charge in [0.2, 0.25) is 5.91 Å². The molecule has 21 heavy (non-hydrogen) atoms. The molecule has 0 saturated carbocycles. The van der Waals surface area contributed by atoms with E-state index in [1.165, 1.54) is 0 Å². The molecule has 1 heterocycles. The third kappa shape index (κ3) is 4.53. The Morgan fingerprint density at radius 1 is 1.48 bits per heavy atom. The van der Waals surface area contributed by atoms with Crippen LogP contribution >= 0.6 is 22.6 Å². The number of nitrogens with two attached hydrogens (primary N) is 1. The fourth-order valence-corrected chi connectivity index (χ4v) is 2.93. The molecule has 7 nitrogen and oxygen atoms in total. The SMILES string of the molecule is NC(=O)CN1CCC(Nc2ccc(I)cc2[N+](=O)[O-])CC1. The second-order valence-corrected chi connectivity index (χ2v) is 6.33. The number of carbonyl (C=O) groups excluding carboxylic acids is 1. The second kappa shape index (κ2) is 7.03. The van der Waals surface area contributed by atoms with E-state index in [1.54, 1.807) is 12.1 Å². The van der Waals surface area contributed by atoms with Crippen molar-refractivity contribution in [3.8, 4) is 0 Å². The van der Waals surface area contributed by atoms with Gasteiger partial charge < -0.3 is 11.1 Å². The van der Waals surface area contributed by atoms with Crippen molar-refractivity contribution in [2.75, 3.05) is 25.0 Å². The van der Waals surface area contributed by atoms with Gasteiger partial charge in [-0.25, -0.2) is 0 Å². The van der Waals surface area contributed by atoms with Crippen LogP contribution in [-0.4, -0.2) is 41.4 Å². The standard InChI is InChI=1S/C13H17IN4O3/c14-9-1-2-11(12(7-9)18(20)21)16-10-3-5-17(6-4-10)8-13(15)19/h1-2,7,10,16H,3-6,8H2,(H2,15,19). The van der Waals surface area contributed by atoms with Crippen LogP contribution in [0.2, 0.25) is 0 Å². The molecule has 0 unspecified atom stereocenters. The lowest BCUT2D eigenvalue weighted by Crippen LogP contribution is -2.43. The molecule has 0 atom stereocenters. The number of nitro groups is 1. The zero-order chi connectivity index (χ0) is 15.4. The molecule has 1 fully saturated rings. The summed E-state index contributed by atoms with van der Waals surface area (Å²) < 4.78 is 0.834. The summed E-state index contributed by atoms with van der Waals surface area (Å²) in [5.41, 5.74) is 5.83. The van der Waals surface area contributed by atoms with Gasteiger partial charge in [-0.1, -0.05) is 0 Å². The number of piperidine rings is 1. The highest BCUT2D eigenvalue weighted by Gasteiger charge is 2.22. The minimum absolute atomic E-state index is 0.0986. The first-order chi connectivity index (χ1) is 9.95. The molecule has 114 valence electrons. The summed E-state index contributed by atoms with van der Waals surface area (Å²) in [6, 6.07) is 5.33. The van der Waals surface area contributed by atoms with Crippen LogP contribution in [-0.2, 0) is 4.79 Å². The van der Waals surface area contributed by atoms with E-state index in [2.05, 4.69) is 27.9 Å². The van der Waals surface area contributed by atoms with Gasteiger partial charge in [0.05, 0.1) is 11.5 Å². The predicted octanol–water partition coefficient (Wildman–Crippen LogP) is 1.56. The maximum Gasteiger partial charge on any atom is 0.293 e. The fourth-order valence-electron chi connectivity index (χ4n) is 2.45. The van der Waals surface area contributed by atoms with Gasteiger partial charge in [0.1, 0.15) is 5.69 Å². The van der Waals surface area contributed by atoms with E-state index < -0.39 is 0 Å². The number of amides is 1. The third-order valence-corrected chi connectivity index (χ3v) is 4.15. The average Bonchev–Trinajstić information content (AvgIpc) is 2.42. The molecule has 3 N–H and O–H groups in total. The van der Waals surface area contributed by atoms with Gasteiger partial charge in [-0.05, 0) is 47.6 Å². The molecule has 1 aliphatic heterocycles. The molecule has 1 aromatic carbocycles. The number of likely N-dealkylation sites (tertiary alicyclic amines) is 1. The molecule has 0 spiro atoms. The average molecular weight is 404 g/mol. The molecule has 0 aliphatic carbocycles. The number of halogens is 1. The smallest absolute Gasteiger partial charge is 0.293 e. The topological polar surface area (TPSA) is 102 Å². The molecule has 8 heteroatoms. The van der Waals surface area contributed by atoms with Crippen molar-refractivity contribution in [3.05, 3.63) is 31.9 Å². The summed E-state index contributed by atoms with van der Waals surface area (Å²) in [7, 11) is 0. The number of nitrogens with zero attached hydrogens (tertiary/aromatic N) is 2. The van der Waals surface area contributed by atoms with Crippen molar-refractivity contribution >= 4 is 39.9 Å². The van der Waals surface area contributed by atoms with Gasteiger partial charge in [-0.2, -0.15) is 0 Å². The van der Waals surface area contributed by atoms with Crippen LogP contribution in [0.3, 0.4) is 0 Å². The number of primary amides is 1. The van der Waals surface area contributed by atoms with Gasteiger partial charge in [0.15, 0.2) is 0 Å². The summed E-state index contributed by atoms with van der Waals surface area (Å²) >= 11 is 2.06. The summed E-state index contributed by atoms with van der Waals surface area (Å²) in [4.78, 5) is 23.6. The van der Waals surface area contributed by atoms with E-state index in [1.807, 2.05) is 11.0 Å². The van der Waals surface area contributed by atoms with Crippen LogP contribution < -0.4 is 11.1 Å². The number of anilines is 1. The van der Waals surface area contributed by atoms with Gasteiger partial charge in [0.25, 0.3) is 5.69 Å². The highest BCUT2D eigenvalue weighted by molar-refractivity contribution is 14.1. The van der Waals surface area contributed by atoms with Crippen molar-refractivity contribution in [2.45, 2.75) is 18.9 Å². The Kier molecular flexibility index (Phi) is 5.34. The van der Waals surface area contributed by atoms with E-state index in [4.69, 9.17) is 5.73 Å². The van der Waals surface area contributed by atoms with Crippen LogP contribution in [0, 0.1) is 13.7 Å². The maximum atomic E-state index is 11.1. The van der Waals surface area contributed by atoms with Gasteiger partial charge in [0, 0.05) is 28.8 Å². The summed E-state index contributed by atoms with van der Waals surface area (Å²) in [6.45, 7) is 1.80. The summed E-state index contributed by atoms with van der Waals surface area (Å²) in [5, 5.41) is 14.3. The second-order valence-electron chi connectivity index (χ2n) is 5.08. The Balaban J connectivity index is 1.97. The summed E-state index contributed by atoms with van der Waals surface area (Å²) in [6.07, 6.45) is 1.66. The van der Waals surface area contributed by atoms with E-state index in [0.717, 1.165) is 29.5 Å². The molecule has 0 aromatic heterocycles. The number of nitro benzene ring substituents is 1. The molecule has 2 rings (SSSR count). The number of nitrogens with one attached hydrogen (secondary N) is 1. The molecule has 1 aliphatic rings. The lowest BCUT2D eigenvalue weighted by molar-refractivity contribution is -0.384. The zero-order valence-electron chi connectivity index (χ0n) is 11.4. The molecule has 0 radical (unpaired) electrons. The third-order valence-electron chi connectivity index (χ3n) is 3.48. The Morgan fingerprint density at radius 3 is 2.71 bits per heavy atom. The Hall–Kier alpha value is -1.42. The molecular formula is C13H17IN4O3. The first-order valence-corrected chi connectivity index (χ1v) is 7.74. The Bertz CT molecular complexity index is 544. The van der Waals surface area contributed by atoms with Crippen LogP contribution in [0.4, 0.5) is 11.4 Å². The maximum absolute atomic E-state index is 11.1. The highest BCUT2D eigenvalue weighted by Crippen LogP contribution is 2.28. The predicted molar refractivity (Wildman–Crippen MR) is 88.1 cm³/mol. The fraction of sp³-hybridized carbons (Fsp3) is 0.462. The van der Waals surface area contributed by atoms with Crippen LogP contribution in [0.5, 0.6) is 0 Å². The molecule has 1 amide bonds. The van der Waals surface area contributed by atoms with Crippen LogP contribution in [0.1, 0.15) is 12.8 Å². The van der Waals surface area contributed by atoms with E-state index >= 15 is 0 Å². The van der Waals surface area contributed by atoms with E-state index in [0.29, 0.717) is 5.69 Å². The van der Waals surface area contributed by atoms with Crippen molar-refractivity contribution in [2.24, 2.45) is 5.73 Å². The number of hydrogen-bond acceptors (Lipinski definition) is 5. The normalized spacial score (nSPS) is 16.6. The Labute approximate surface area is 136 Å². The van der Waals surface area contributed by atoms with Gasteiger partial charge >= 0.3 is 0 Å². The molecule has 0 bridgehead atoms. The molecule has 1 aromatic rings. The Morgan fingerprint density at radius 2 is 2.14 bits per heavy atom. The first kappa shape index (κ1) is 16.0. The number of rotatable bonds is 5. The largest absolute Gasteiger partial charge is 0.377 e. The molecule has 1 saturated heterocycles. The summed E-state index contributed by atoms with van der Waals surface area (Å²) in [5.74, 6) is -0.324. The minimum atomic E-state index is -0.368. The lowest BCUT2D eigenvalue weighted by Gasteiger charge is -2.31. The van der Waals surface area contributed by atoms with Crippen LogP contribution in [0.15, 0.2) is 18.2 Å². The minimum Gasteiger partial charge on any atom is -0.377 e. The molecular weight excluding hydrogens is 387 g/mol. The number of hydrogen-bond donors (Lipinski definition) is 2. The van der Waals surface area contributed by atoms with Gasteiger partial charge in [-0.15, -0.1) is 0 Å². The zero-order valence-corrected chi connectivity index (χ0v) is 13.6. The number of carbonyl (C=O) groups is 1. The van der Waals surface area contributed by atoms with E-state index in [9.17, 15) is 14.9 Å². The van der Waals surface area contributed by atoms with Crippen molar-refractivity contribution < 1.29 is 9.72 Å². The first-order valence-electron chi connectivity index (χ1n) is 6.67. The van der Waals surface area contributed by atoms with Crippen molar-refractivity contribution in [1.29, 1.82) is 0 Å². The van der Waals surface area contributed by atoms with Crippen LogP contribution in [0.25, 0.3) is 0 Å². The quantitative estimate of drug-likeness (QED) is 0.441. The van der Waals surface area contributed by atoms with Crippen molar-refractivity contribution in [3.63, 3.8) is 0 Å². The number of benzene rings is 1. The van der Waals surface area contributed by atoms with Gasteiger partial charge in [-0.3, -0.25) is 19.8 Å². The van der Waals surface area contributed by atoms with E-state index in [-0.39, 0.29) is 29.1 Å².